The smallest absolute Gasteiger partial charge is 0.337 e. The minimum Gasteiger partial charge on any atom is -0.465 e. The molecule has 0 saturated heterocycles. The highest BCUT2D eigenvalue weighted by Gasteiger charge is 2.11. The lowest BCUT2D eigenvalue weighted by molar-refractivity contribution is -0.116. The average Bonchev–Trinajstić information content (AvgIpc) is 2.40. The summed E-state index contributed by atoms with van der Waals surface area (Å²) >= 11 is 0. The largest absolute Gasteiger partial charge is 0.465 e. The van der Waals surface area contributed by atoms with Crippen LogP contribution in [0, 0.1) is 5.82 Å². The first-order chi connectivity index (χ1) is 9.08. The van der Waals surface area contributed by atoms with E-state index in [9.17, 15) is 14.0 Å². The van der Waals surface area contributed by atoms with Crippen molar-refractivity contribution >= 4 is 17.6 Å². The number of hydrogen-bond acceptors (Lipinski definition) is 4. The molecule has 0 bridgehead atoms. The molecule has 0 atom stereocenters. The van der Waals surface area contributed by atoms with Crippen LogP contribution in [-0.4, -0.2) is 32.1 Å². The number of rotatable bonds is 6. The number of esters is 1. The minimum absolute atomic E-state index is 0.0237. The Bertz CT molecular complexity index is 463. The van der Waals surface area contributed by atoms with Gasteiger partial charge in [0.2, 0.25) is 5.91 Å². The van der Waals surface area contributed by atoms with Crippen molar-refractivity contribution in [3.63, 3.8) is 0 Å². The van der Waals surface area contributed by atoms with E-state index < -0.39 is 11.8 Å². The Labute approximate surface area is 111 Å². The van der Waals surface area contributed by atoms with Gasteiger partial charge in [0.25, 0.3) is 0 Å². The van der Waals surface area contributed by atoms with Crippen LogP contribution in [0.1, 0.15) is 23.7 Å². The predicted octanol–water partition coefficient (Wildman–Crippen LogP) is 1.55. The fraction of sp³-hybridized carbons (Fsp3) is 0.385. The lowest BCUT2D eigenvalue weighted by Crippen LogP contribution is -2.21. The van der Waals surface area contributed by atoms with E-state index in [1.807, 2.05) is 6.92 Å². The Morgan fingerprint density at radius 2 is 2.11 bits per heavy atom. The number of anilines is 1. The Kier molecular flexibility index (Phi) is 5.95. The topological polar surface area (TPSA) is 67.4 Å². The summed E-state index contributed by atoms with van der Waals surface area (Å²) in [7, 11) is 1.24. The first-order valence-electron chi connectivity index (χ1n) is 5.97. The minimum atomic E-state index is -0.593. The van der Waals surface area contributed by atoms with Crippen LogP contribution in [0.15, 0.2) is 18.2 Å². The van der Waals surface area contributed by atoms with Crippen molar-refractivity contribution in [1.82, 2.24) is 5.32 Å². The molecule has 5 nitrogen and oxygen atoms in total. The Morgan fingerprint density at radius 3 is 2.74 bits per heavy atom. The summed E-state index contributed by atoms with van der Waals surface area (Å²) in [5, 5.41) is 5.42. The molecule has 0 spiro atoms. The van der Waals surface area contributed by atoms with Crippen LogP contribution in [0.5, 0.6) is 0 Å². The van der Waals surface area contributed by atoms with E-state index >= 15 is 0 Å². The van der Waals surface area contributed by atoms with E-state index in [1.165, 1.54) is 19.2 Å². The van der Waals surface area contributed by atoms with Crippen molar-refractivity contribution < 1.29 is 18.7 Å². The maximum absolute atomic E-state index is 13.5. The van der Waals surface area contributed by atoms with Crippen molar-refractivity contribution in [2.45, 2.75) is 13.3 Å². The molecule has 19 heavy (non-hydrogen) atoms. The normalized spacial score (nSPS) is 10.1. The molecule has 0 aliphatic heterocycles. The third-order valence-electron chi connectivity index (χ3n) is 2.44. The molecule has 0 fully saturated rings. The van der Waals surface area contributed by atoms with E-state index in [0.717, 1.165) is 12.6 Å². The lowest BCUT2D eigenvalue weighted by Gasteiger charge is -2.08. The molecule has 1 amide bonds. The summed E-state index contributed by atoms with van der Waals surface area (Å²) in [5.41, 5.74) is 0.162. The Hall–Kier alpha value is -1.95. The van der Waals surface area contributed by atoms with Crippen LogP contribution in [0.2, 0.25) is 0 Å². The standard InChI is InChI=1S/C13H17FN2O3/c1-3-15-7-6-12(17)16-11-8-9(13(18)19-2)4-5-10(11)14/h4-5,8,15H,3,6-7H2,1-2H3,(H,16,17). The van der Waals surface area contributed by atoms with Crippen LogP contribution in [0.3, 0.4) is 0 Å². The zero-order valence-corrected chi connectivity index (χ0v) is 11.0. The maximum atomic E-state index is 13.5. The molecular weight excluding hydrogens is 251 g/mol. The van der Waals surface area contributed by atoms with Gasteiger partial charge in [0.15, 0.2) is 0 Å². The summed E-state index contributed by atoms with van der Waals surface area (Å²) in [4.78, 5) is 22.9. The van der Waals surface area contributed by atoms with Gasteiger partial charge in [-0.25, -0.2) is 9.18 Å². The molecule has 1 aromatic rings. The predicted molar refractivity (Wildman–Crippen MR) is 69.5 cm³/mol. The molecular formula is C13H17FN2O3. The molecule has 0 aliphatic carbocycles. The zero-order chi connectivity index (χ0) is 14.3. The molecule has 0 unspecified atom stereocenters. The number of carbonyl (C=O) groups excluding carboxylic acids is 2. The van der Waals surface area contributed by atoms with Gasteiger partial charge in [0.05, 0.1) is 18.4 Å². The highest BCUT2D eigenvalue weighted by atomic mass is 19.1. The summed E-state index contributed by atoms with van der Waals surface area (Å²) in [5.74, 6) is -1.49. The van der Waals surface area contributed by atoms with Gasteiger partial charge in [-0.05, 0) is 24.7 Å². The molecule has 0 aromatic heterocycles. The molecule has 1 aromatic carbocycles. The van der Waals surface area contributed by atoms with E-state index in [2.05, 4.69) is 15.4 Å². The summed E-state index contributed by atoms with van der Waals surface area (Å²) < 4.78 is 18.0. The molecule has 0 saturated carbocycles. The van der Waals surface area contributed by atoms with Gasteiger partial charge in [-0.15, -0.1) is 0 Å². The number of halogens is 1. The number of methoxy groups -OCH3 is 1. The van der Waals surface area contributed by atoms with Crippen molar-refractivity contribution in [3.8, 4) is 0 Å². The van der Waals surface area contributed by atoms with Crippen molar-refractivity contribution in [1.29, 1.82) is 0 Å². The molecule has 1 rings (SSSR count). The molecule has 0 heterocycles. The molecule has 0 radical (unpaired) electrons. The van der Waals surface area contributed by atoms with Gasteiger partial charge in [-0.2, -0.15) is 0 Å². The van der Waals surface area contributed by atoms with Gasteiger partial charge in [0.1, 0.15) is 5.82 Å². The summed E-state index contributed by atoms with van der Waals surface area (Å²) in [6, 6.07) is 3.67. The van der Waals surface area contributed by atoms with Crippen LogP contribution in [0.4, 0.5) is 10.1 Å². The monoisotopic (exact) mass is 268 g/mol. The molecule has 104 valence electrons. The fourth-order valence-corrected chi connectivity index (χ4v) is 1.46. The van der Waals surface area contributed by atoms with Gasteiger partial charge in [-0.3, -0.25) is 4.79 Å². The van der Waals surface area contributed by atoms with Crippen molar-refractivity contribution in [3.05, 3.63) is 29.6 Å². The van der Waals surface area contributed by atoms with E-state index in [0.29, 0.717) is 6.54 Å². The summed E-state index contributed by atoms with van der Waals surface area (Å²) in [6.45, 7) is 3.21. The SMILES string of the molecule is CCNCCC(=O)Nc1cc(C(=O)OC)ccc1F. The van der Waals surface area contributed by atoms with Crippen LogP contribution < -0.4 is 10.6 Å². The number of amides is 1. The number of carbonyl (C=O) groups is 2. The lowest BCUT2D eigenvalue weighted by atomic mass is 10.2. The van der Waals surface area contributed by atoms with E-state index in [4.69, 9.17) is 0 Å². The quantitative estimate of drug-likeness (QED) is 0.607. The number of ether oxygens (including phenoxy) is 1. The second-order valence-corrected chi connectivity index (χ2v) is 3.84. The number of benzene rings is 1. The second-order valence-electron chi connectivity index (χ2n) is 3.84. The van der Waals surface area contributed by atoms with E-state index in [-0.39, 0.29) is 23.6 Å². The zero-order valence-electron chi connectivity index (χ0n) is 11.0. The van der Waals surface area contributed by atoms with Gasteiger partial charge < -0.3 is 15.4 Å². The average molecular weight is 268 g/mol. The van der Waals surface area contributed by atoms with Gasteiger partial charge in [0, 0.05) is 13.0 Å². The highest BCUT2D eigenvalue weighted by molar-refractivity contribution is 5.94. The van der Waals surface area contributed by atoms with Crippen LogP contribution in [0.25, 0.3) is 0 Å². The molecule has 6 heteroatoms. The van der Waals surface area contributed by atoms with Crippen LogP contribution in [-0.2, 0) is 9.53 Å². The maximum Gasteiger partial charge on any atom is 0.337 e. The van der Waals surface area contributed by atoms with E-state index in [1.54, 1.807) is 0 Å². The first-order valence-corrected chi connectivity index (χ1v) is 5.97. The third-order valence-corrected chi connectivity index (χ3v) is 2.44. The van der Waals surface area contributed by atoms with Crippen molar-refractivity contribution in [2.24, 2.45) is 0 Å². The van der Waals surface area contributed by atoms with Crippen LogP contribution >= 0.6 is 0 Å². The molecule has 0 aliphatic rings. The highest BCUT2D eigenvalue weighted by Crippen LogP contribution is 2.17. The second kappa shape index (κ2) is 7.48. The summed E-state index contributed by atoms with van der Waals surface area (Å²) in [6.07, 6.45) is 0.232. The fourth-order valence-electron chi connectivity index (χ4n) is 1.46. The third kappa shape index (κ3) is 4.67. The van der Waals surface area contributed by atoms with Gasteiger partial charge >= 0.3 is 5.97 Å². The number of nitrogens with one attached hydrogen (secondary N) is 2. The van der Waals surface area contributed by atoms with Crippen molar-refractivity contribution in [2.75, 3.05) is 25.5 Å². The molecule has 2 N–H and O–H groups in total. The first kappa shape index (κ1) is 15.1. The Balaban J connectivity index is 2.71. The van der Waals surface area contributed by atoms with Gasteiger partial charge in [-0.1, -0.05) is 6.92 Å². The Morgan fingerprint density at radius 1 is 1.37 bits per heavy atom. The number of hydrogen-bond donors (Lipinski definition) is 2.